The number of hydrogen-bond donors (Lipinski definition) is 0. The first-order valence-electron chi connectivity index (χ1n) is 7.69. The molecule has 3 unspecified atom stereocenters. The van der Waals surface area contributed by atoms with Gasteiger partial charge in [0.2, 0.25) is 0 Å². The molecule has 3 atom stereocenters. The monoisotopic (exact) mass is 239 g/mol. The molecule has 2 nitrogen and oxygen atoms in total. The van der Waals surface area contributed by atoms with Crippen molar-refractivity contribution in [2.45, 2.75) is 58.5 Å². The highest BCUT2D eigenvalue weighted by atomic mass is 16.5. The van der Waals surface area contributed by atoms with Crippen LogP contribution in [0.2, 0.25) is 0 Å². The SMILES string of the molecule is CCC(C1CCCN(CC)C1)C1CCCCO1. The van der Waals surface area contributed by atoms with E-state index in [1.54, 1.807) is 0 Å². The Morgan fingerprint density at radius 1 is 1.18 bits per heavy atom. The maximum atomic E-state index is 6.03. The van der Waals surface area contributed by atoms with Gasteiger partial charge in [-0.25, -0.2) is 0 Å². The summed E-state index contributed by atoms with van der Waals surface area (Å²) in [7, 11) is 0. The topological polar surface area (TPSA) is 12.5 Å². The zero-order chi connectivity index (χ0) is 12.1. The van der Waals surface area contributed by atoms with Crippen molar-refractivity contribution in [2.75, 3.05) is 26.2 Å². The third kappa shape index (κ3) is 3.45. The lowest BCUT2D eigenvalue weighted by molar-refractivity contribution is -0.0489. The number of rotatable bonds is 4. The van der Waals surface area contributed by atoms with Crippen LogP contribution in [0.5, 0.6) is 0 Å². The summed E-state index contributed by atoms with van der Waals surface area (Å²) in [6.07, 6.45) is 8.64. The molecular weight excluding hydrogens is 210 g/mol. The molecule has 0 aromatic heterocycles. The standard InChI is InChI=1S/C15H29NO/c1-3-14(15-9-5-6-11-17-15)13-8-7-10-16(4-2)12-13/h13-15H,3-12H2,1-2H3. The first-order valence-corrected chi connectivity index (χ1v) is 7.69. The molecule has 0 bridgehead atoms. The Hall–Kier alpha value is -0.0800. The number of piperidine rings is 1. The maximum absolute atomic E-state index is 6.03. The Morgan fingerprint density at radius 3 is 2.71 bits per heavy atom. The van der Waals surface area contributed by atoms with E-state index in [0.29, 0.717) is 6.10 Å². The first-order chi connectivity index (χ1) is 8.35. The third-order valence-corrected chi connectivity index (χ3v) is 4.76. The summed E-state index contributed by atoms with van der Waals surface area (Å²) < 4.78 is 6.03. The van der Waals surface area contributed by atoms with Gasteiger partial charge in [0, 0.05) is 13.2 Å². The Labute approximate surface area is 107 Å². The van der Waals surface area contributed by atoms with E-state index < -0.39 is 0 Å². The summed E-state index contributed by atoms with van der Waals surface area (Å²) >= 11 is 0. The van der Waals surface area contributed by atoms with Crippen LogP contribution in [0.25, 0.3) is 0 Å². The normalized spacial score (nSPS) is 33.5. The van der Waals surface area contributed by atoms with Crippen LogP contribution in [0, 0.1) is 11.8 Å². The Kier molecular flexibility index (Phi) is 5.30. The second-order valence-corrected chi connectivity index (χ2v) is 5.77. The van der Waals surface area contributed by atoms with Crippen molar-refractivity contribution in [3.63, 3.8) is 0 Å². The summed E-state index contributed by atoms with van der Waals surface area (Å²) in [6, 6.07) is 0. The van der Waals surface area contributed by atoms with Crippen LogP contribution in [-0.4, -0.2) is 37.2 Å². The molecule has 2 aliphatic heterocycles. The molecule has 100 valence electrons. The second-order valence-electron chi connectivity index (χ2n) is 5.77. The van der Waals surface area contributed by atoms with Crippen molar-refractivity contribution >= 4 is 0 Å². The fraction of sp³-hybridized carbons (Fsp3) is 1.00. The maximum Gasteiger partial charge on any atom is 0.0606 e. The average Bonchev–Trinajstić information content (AvgIpc) is 2.41. The lowest BCUT2D eigenvalue weighted by Crippen LogP contribution is -2.42. The van der Waals surface area contributed by atoms with Gasteiger partial charge in [-0.3, -0.25) is 0 Å². The van der Waals surface area contributed by atoms with Crippen LogP contribution in [0.15, 0.2) is 0 Å². The van der Waals surface area contributed by atoms with Crippen molar-refractivity contribution < 1.29 is 4.74 Å². The molecule has 0 spiro atoms. The molecular formula is C15H29NO. The van der Waals surface area contributed by atoms with Crippen molar-refractivity contribution in [3.05, 3.63) is 0 Å². The van der Waals surface area contributed by atoms with E-state index in [1.165, 1.54) is 58.2 Å². The van der Waals surface area contributed by atoms with Crippen LogP contribution < -0.4 is 0 Å². The van der Waals surface area contributed by atoms with Gasteiger partial charge in [0.05, 0.1) is 6.10 Å². The summed E-state index contributed by atoms with van der Waals surface area (Å²) in [5.41, 5.74) is 0. The molecule has 2 heterocycles. The summed E-state index contributed by atoms with van der Waals surface area (Å²) in [5.74, 6) is 1.70. The third-order valence-electron chi connectivity index (χ3n) is 4.76. The van der Waals surface area contributed by atoms with Crippen LogP contribution in [0.4, 0.5) is 0 Å². The van der Waals surface area contributed by atoms with Gasteiger partial charge in [-0.15, -0.1) is 0 Å². The smallest absolute Gasteiger partial charge is 0.0606 e. The number of nitrogens with zero attached hydrogens (tertiary/aromatic N) is 1. The van der Waals surface area contributed by atoms with Crippen molar-refractivity contribution in [1.29, 1.82) is 0 Å². The van der Waals surface area contributed by atoms with Crippen LogP contribution in [0.1, 0.15) is 52.4 Å². The fourth-order valence-corrected chi connectivity index (χ4v) is 3.73. The highest BCUT2D eigenvalue weighted by molar-refractivity contribution is 4.83. The highest BCUT2D eigenvalue weighted by Gasteiger charge is 2.32. The van der Waals surface area contributed by atoms with Gasteiger partial charge in [-0.2, -0.15) is 0 Å². The predicted molar refractivity (Wildman–Crippen MR) is 72.2 cm³/mol. The molecule has 2 fully saturated rings. The van der Waals surface area contributed by atoms with E-state index in [4.69, 9.17) is 4.74 Å². The molecule has 0 radical (unpaired) electrons. The minimum atomic E-state index is 0.565. The van der Waals surface area contributed by atoms with E-state index in [2.05, 4.69) is 18.7 Å². The van der Waals surface area contributed by atoms with Crippen LogP contribution >= 0.6 is 0 Å². The Bertz CT molecular complexity index is 213. The number of hydrogen-bond acceptors (Lipinski definition) is 2. The average molecular weight is 239 g/mol. The summed E-state index contributed by atoms with van der Waals surface area (Å²) in [6.45, 7) is 9.50. The zero-order valence-corrected chi connectivity index (χ0v) is 11.7. The lowest BCUT2D eigenvalue weighted by Gasteiger charge is -2.40. The van der Waals surface area contributed by atoms with E-state index in [9.17, 15) is 0 Å². The lowest BCUT2D eigenvalue weighted by atomic mass is 9.78. The molecule has 0 aromatic carbocycles. The molecule has 0 amide bonds. The van der Waals surface area contributed by atoms with Crippen molar-refractivity contribution in [3.8, 4) is 0 Å². The molecule has 0 aliphatic carbocycles. The van der Waals surface area contributed by atoms with Crippen molar-refractivity contribution in [2.24, 2.45) is 11.8 Å². The summed E-state index contributed by atoms with van der Waals surface area (Å²) in [4.78, 5) is 2.62. The second kappa shape index (κ2) is 6.75. The quantitative estimate of drug-likeness (QED) is 0.746. The van der Waals surface area contributed by atoms with Gasteiger partial charge < -0.3 is 9.64 Å². The molecule has 0 saturated carbocycles. The molecule has 2 heteroatoms. The highest BCUT2D eigenvalue weighted by Crippen LogP contribution is 2.33. The van der Waals surface area contributed by atoms with Gasteiger partial charge in [0.25, 0.3) is 0 Å². The van der Waals surface area contributed by atoms with Gasteiger partial charge in [-0.05, 0) is 57.0 Å². The molecule has 2 saturated heterocycles. The van der Waals surface area contributed by atoms with Gasteiger partial charge in [0.1, 0.15) is 0 Å². The van der Waals surface area contributed by atoms with Crippen LogP contribution in [0.3, 0.4) is 0 Å². The first kappa shape index (κ1) is 13.4. The molecule has 17 heavy (non-hydrogen) atoms. The minimum absolute atomic E-state index is 0.565. The van der Waals surface area contributed by atoms with Gasteiger partial charge in [0.15, 0.2) is 0 Å². The van der Waals surface area contributed by atoms with Gasteiger partial charge >= 0.3 is 0 Å². The van der Waals surface area contributed by atoms with E-state index in [0.717, 1.165) is 18.4 Å². The van der Waals surface area contributed by atoms with E-state index in [1.807, 2.05) is 0 Å². The minimum Gasteiger partial charge on any atom is -0.378 e. The molecule has 2 aliphatic rings. The zero-order valence-electron chi connectivity index (χ0n) is 11.7. The van der Waals surface area contributed by atoms with Gasteiger partial charge in [-0.1, -0.05) is 20.3 Å². The van der Waals surface area contributed by atoms with E-state index >= 15 is 0 Å². The molecule has 2 rings (SSSR count). The predicted octanol–water partition coefficient (Wildman–Crippen LogP) is 3.31. The Morgan fingerprint density at radius 2 is 2.06 bits per heavy atom. The molecule has 0 aromatic rings. The fourth-order valence-electron chi connectivity index (χ4n) is 3.73. The van der Waals surface area contributed by atoms with Crippen LogP contribution in [-0.2, 0) is 4.74 Å². The number of likely N-dealkylation sites (tertiary alicyclic amines) is 1. The number of ether oxygens (including phenoxy) is 1. The molecule has 0 N–H and O–H groups in total. The Balaban J connectivity index is 1.91. The van der Waals surface area contributed by atoms with Crippen molar-refractivity contribution in [1.82, 2.24) is 4.90 Å². The summed E-state index contributed by atoms with van der Waals surface area (Å²) in [5, 5.41) is 0. The van der Waals surface area contributed by atoms with E-state index in [-0.39, 0.29) is 0 Å². The largest absolute Gasteiger partial charge is 0.378 e.